The van der Waals surface area contributed by atoms with E-state index in [2.05, 4.69) is 52.2 Å². The van der Waals surface area contributed by atoms with Crippen LogP contribution in [0.15, 0.2) is 48.9 Å². The topological polar surface area (TPSA) is 87.0 Å². The van der Waals surface area contributed by atoms with E-state index < -0.39 is 0 Å². The number of nitrogens with one attached hydrogen (secondary N) is 2. The first-order valence-electron chi connectivity index (χ1n) is 10.3. The van der Waals surface area contributed by atoms with E-state index in [1.807, 2.05) is 47.3 Å². The molecule has 5 rings (SSSR count). The minimum Gasteiger partial charge on any atom is -0.340 e. The Kier molecular flexibility index (Phi) is 4.42. The average molecular weight is 403 g/mol. The van der Waals surface area contributed by atoms with Crippen LogP contribution < -0.4 is 10.2 Å². The predicted octanol–water partition coefficient (Wildman–Crippen LogP) is 3.88. The fourth-order valence-electron chi connectivity index (χ4n) is 3.86. The van der Waals surface area contributed by atoms with E-state index in [-0.39, 0.29) is 5.41 Å². The largest absolute Gasteiger partial charge is 0.340 e. The van der Waals surface area contributed by atoms with Gasteiger partial charge in [0.1, 0.15) is 5.65 Å². The Morgan fingerprint density at radius 2 is 2.07 bits per heavy atom. The Balaban J connectivity index is 1.43. The lowest BCUT2D eigenvalue weighted by Crippen LogP contribution is -2.23. The van der Waals surface area contributed by atoms with Crippen molar-refractivity contribution in [1.29, 1.82) is 0 Å². The Morgan fingerprint density at radius 3 is 2.83 bits per heavy atom. The molecule has 5 heterocycles. The highest BCUT2D eigenvalue weighted by Gasteiger charge is 2.27. The molecule has 1 fully saturated rings. The van der Waals surface area contributed by atoms with Crippen LogP contribution in [0.1, 0.15) is 44.4 Å². The number of aromatic amines is 1. The summed E-state index contributed by atoms with van der Waals surface area (Å²) >= 11 is 0. The number of pyridine rings is 1. The fraction of sp³-hybridized carbons (Fsp3) is 0.364. The zero-order valence-corrected chi connectivity index (χ0v) is 17.5. The zero-order valence-electron chi connectivity index (χ0n) is 17.5. The molecule has 0 saturated carbocycles. The summed E-state index contributed by atoms with van der Waals surface area (Å²) in [5.74, 6) is 2.63. The molecule has 0 aromatic carbocycles. The second-order valence-electron chi connectivity index (χ2n) is 8.84. The quantitative estimate of drug-likeness (QED) is 0.539. The number of aromatic nitrogens is 6. The van der Waals surface area contributed by atoms with Crippen molar-refractivity contribution in [1.82, 2.24) is 29.5 Å². The molecule has 30 heavy (non-hydrogen) atoms. The molecular weight excluding hydrogens is 376 g/mol. The second kappa shape index (κ2) is 7.12. The zero-order chi connectivity index (χ0) is 20.7. The number of H-pyrrole nitrogens is 1. The summed E-state index contributed by atoms with van der Waals surface area (Å²) in [5, 5.41) is 10.9. The van der Waals surface area contributed by atoms with Gasteiger partial charge in [-0.25, -0.2) is 0 Å². The van der Waals surface area contributed by atoms with E-state index in [1.165, 1.54) is 5.56 Å². The monoisotopic (exact) mass is 402 g/mol. The van der Waals surface area contributed by atoms with Crippen molar-refractivity contribution >= 4 is 23.4 Å². The van der Waals surface area contributed by atoms with Gasteiger partial charge in [-0.1, -0.05) is 26.8 Å². The first-order valence-corrected chi connectivity index (χ1v) is 10.3. The molecule has 2 N–H and O–H groups in total. The molecule has 8 heteroatoms. The van der Waals surface area contributed by atoms with Gasteiger partial charge in [-0.3, -0.25) is 14.5 Å². The van der Waals surface area contributed by atoms with E-state index in [1.54, 1.807) is 0 Å². The third-order valence-corrected chi connectivity index (χ3v) is 5.63. The normalized spacial score (nSPS) is 17.0. The highest BCUT2D eigenvalue weighted by Crippen LogP contribution is 2.30. The van der Waals surface area contributed by atoms with Crippen LogP contribution in [0.5, 0.6) is 0 Å². The van der Waals surface area contributed by atoms with E-state index >= 15 is 0 Å². The van der Waals surface area contributed by atoms with Crippen molar-refractivity contribution in [3.8, 4) is 0 Å². The number of hydrogen-bond acceptors (Lipinski definition) is 6. The Bertz CT molecular complexity index is 1150. The molecule has 8 nitrogen and oxygen atoms in total. The first kappa shape index (κ1) is 18.6. The lowest BCUT2D eigenvalue weighted by molar-refractivity contribution is 0.567. The van der Waals surface area contributed by atoms with Crippen LogP contribution in [0.3, 0.4) is 0 Å². The molecule has 1 atom stereocenters. The van der Waals surface area contributed by atoms with Gasteiger partial charge in [0.05, 0.1) is 0 Å². The van der Waals surface area contributed by atoms with Crippen LogP contribution in [0.25, 0.3) is 5.65 Å². The predicted molar refractivity (Wildman–Crippen MR) is 117 cm³/mol. The van der Waals surface area contributed by atoms with E-state index in [9.17, 15) is 0 Å². The van der Waals surface area contributed by atoms with Gasteiger partial charge in [-0.05, 0) is 30.2 Å². The van der Waals surface area contributed by atoms with E-state index in [4.69, 9.17) is 9.97 Å². The summed E-state index contributed by atoms with van der Waals surface area (Å²) in [6, 6.07) is 10.2. The molecular formula is C22H26N8. The summed E-state index contributed by atoms with van der Waals surface area (Å²) < 4.78 is 1.95. The highest BCUT2D eigenvalue weighted by molar-refractivity contribution is 5.57. The average Bonchev–Trinajstić information content (AvgIpc) is 3.48. The molecule has 1 aliphatic rings. The summed E-state index contributed by atoms with van der Waals surface area (Å²) in [6.45, 7) is 8.28. The van der Waals surface area contributed by atoms with Crippen molar-refractivity contribution in [2.45, 2.75) is 38.5 Å². The SMILES string of the molecule is CC(C)(C)c1cc(Nc2nc(N3CCC(c4cccnc4)C3)nc3cccn23)n[nH]1. The van der Waals surface area contributed by atoms with Gasteiger partial charge >= 0.3 is 0 Å². The lowest BCUT2D eigenvalue weighted by Gasteiger charge is -2.18. The molecule has 0 bridgehead atoms. The molecule has 4 aromatic rings. The molecule has 1 unspecified atom stereocenters. The molecule has 4 aromatic heterocycles. The molecule has 154 valence electrons. The van der Waals surface area contributed by atoms with E-state index in [0.717, 1.165) is 42.6 Å². The molecule has 1 aliphatic heterocycles. The molecule has 0 aliphatic carbocycles. The summed E-state index contributed by atoms with van der Waals surface area (Å²) in [5.41, 5.74) is 3.21. The molecule has 0 amide bonds. The van der Waals surface area contributed by atoms with Gasteiger partial charge in [0.2, 0.25) is 11.9 Å². The Labute approximate surface area is 175 Å². The van der Waals surface area contributed by atoms with Crippen molar-refractivity contribution in [3.63, 3.8) is 0 Å². The third-order valence-electron chi connectivity index (χ3n) is 5.63. The smallest absolute Gasteiger partial charge is 0.230 e. The maximum Gasteiger partial charge on any atom is 0.230 e. The van der Waals surface area contributed by atoms with Gasteiger partial charge < -0.3 is 10.2 Å². The van der Waals surface area contributed by atoms with Crippen molar-refractivity contribution in [2.75, 3.05) is 23.3 Å². The standard InChI is InChI=1S/C22H26N8/c1-22(2,3)17-12-18(28-27-17)24-21-26-20(25-19-7-5-10-30(19)21)29-11-8-16(14-29)15-6-4-9-23-13-15/h4-7,9-10,12-13,16H,8,11,14H2,1-3H3,(H2,24,25,26,27,28). The van der Waals surface area contributed by atoms with Crippen LogP contribution in [0.2, 0.25) is 0 Å². The summed E-state index contributed by atoms with van der Waals surface area (Å²) in [6.07, 6.45) is 6.81. The first-order chi connectivity index (χ1) is 14.5. The van der Waals surface area contributed by atoms with Crippen LogP contribution in [0.4, 0.5) is 17.7 Å². The summed E-state index contributed by atoms with van der Waals surface area (Å²) in [7, 11) is 0. The minimum absolute atomic E-state index is 0.00337. The summed E-state index contributed by atoms with van der Waals surface area (Å²) in [4.78, 5) is 16.2. The van der Waals surface area contributed by atoms with Gasteiger partial charge in [-0.15, -0.1) is 0 Å². The third kappa shape index (κ3) is 3.49. The second-order valence-corrected chi connectivity index (χ2v) is 8.84. The number of fused-ring (bicyclic) bond motifs is 1. The van der Waals surface area contributed by atoms with Gasteiger partial charge in [0.15, 0.2) is 5.82 Å². The Hall–Kier alpha value is -3.42. The van der Waals surface area contributed by atoms with Gasteiger partial charge in [-0.2, -0.15) is 15.1 Å². The molecule has 0 spiro atoms. The van der Waals surface area contributed by atoms with Gasteiger partial charge in [0.25, 0.3) is 0 Å². The van der Waals surface area contributed by atoms with Crippen molar-refractivity contribution in [3.05, 3.63) is 60.2 Å². The van der Waals surface area contributed by atoms with Crippen LogP contribution in [-0.2, 0) is 5.41 Å². The maximum absolute atomic E-state index is 4.85. The Morgan fingerprint density at radius 1 is 1.17 bits per heavy atom. The number of nitrogens with zero attached hydrogens (tertiary/aromatic N) is 6. The maximum atomic E-state index is 4.85. The van der Waals surface area contributed by atoms with Gasteiger partial charge in [0, 0.05) is 54.8 Å². The van der Waals surface area contributed by atoms with Crippen LogP contribution >= 0.6 is 0 Å². The lowest BCUT2D eigenvalue weighted by atomic mass is 9.92. The van der Waals surface area contributed by atoms with Crippen LogP contribution in [-0.4, -0.2) is 42.6 Å². The number of anilines is 3. The van der Waals surface area contributed by atoms with E-state index in [0.29, 0.717) is 11.9 Å². The van der Waals surface area contributed by atoms with Crippen molar-refractivity contribution < 1.29 is 0 Å². The number of rotatable bonds is 4. The molecule has 1 saturated heterocycles. The molecule has 0 radical (unpaired) electrons. The highest BCUT2D eigenvalue weighted by atomic mass is 15.3. The van der Waals surface area contributed by atoms with Crippen molar-refractivity contribution in [2.24, 2.45) is 0 Å². The fourth-order valence-corrected chi connectivity index (χ4v) is 3.86. The van der Waals surface area contributed by atoms with Crippen LogP contribution in [0, 0.1) is 0 Å². The number of hydrogen-bond donors (Lipinski definition) is 2. The minimum atomic E-state index is 0.00337.